The van der Waals surface area contributed by atoms with Gasteiger partial charge >= 0.3 is 18.9 Å². The third-order valence-electron chi connectivity index (χ3n) is 1.01. The van der Waals surface area contributed by atoms with E-state index in [-0.39, 0.29) is 18.9 Å². The smallest absolute Gasteiger partial charge is 0.296 e. The summed E-state index contributed by atoms with van der Waals surface area (Å²) in [5.74, 6) is 5.43. The molecule has 0 unspecified atom stereocenters. The van der Waals surface area contributed by atoms with E-state index in [0.717, 1.165) is 5.56 Å². The van der Waals surface area contributed by atoms with Crippen molar-refractivity contribution in [3.05, 3.63) is 42.8 Å². The van der Waals surface area contributed by atoms with E-state index in [2.05, 4.69) is 18.8 Å². The second kappa shape index (κ2) is 5.07. The first-order chi connectivity index (χ1) is 4.43. The predicted molar refractivity (Wildman–Crippen MR) is 38.7 cm³/mol. The summed E-state index contributed by atoms with van der Waals surface area (Å²) in [7, 11) is 0. The van der Waals surface area contributed by atoms with Crippen LogP contribution in [-0.2, 0) is 0 Å². The summed E-state index contributed by atoms with van der Waals surface area (Å²) in [6.07, 6.45) is 0. The third-order valence-corrected chi connectivity index (χ3v) is 1.01. The van der Waals surface area contributed by atoms with E-state index in [1.807, 2.05) is 30.3 Å². The van der Waals surface area contributed by atoms with Gasteiger partial charge in [-0.15, -0.1) is 0 Å². The van der Waals surface area contributed by atoms with Crippen molar-refractivity contribution in [3.8, 4) is 11.8 Å². The quantitative estimate of drug-likeness (QED) is 0.232. The molecule has 0 heterocycles. The van der Waals surface area contributed by atoms with Gasteiger partial charge in [-0.05, 0) is 0 Å². The summed E-state index contributed by atoms with van der Waals surface area (Å²) in [5.41, 5.74) is 1.02. The second-order valence-electron chi connectivity index (χ2n) is 1.67. The molecule has 1 rings (SSSR count). The van der Waals surface area contributed by atoms with E-state index >= 15 is 0 Å². The Morgan fingerprint density at radius 2 is 1.70 bits per heavy atom. The summed E-state index contributed by atoms with van der Waals surface area (Å²) in [4.78, 5) is 0. The average Bonchev–Trinajstić information content (AvgIpc) is 1.91. The molecule has 1 aromatic carbocycles. The first kappa shape index (κ1) is 9.25. The first-order valence-corrected chi connectivity index (χ1v) is 2.76. The summed E-state index contributed by atoms with van der Waals surface area (Å²) in [5, 5.41) is 0. The van der Waals surface area contributed by atoms with Gasteiger partial charge in [-0.2, -0.15) is 6.92 Å². The van der Waals surface area contributed by atoms with Crippen molar-refractivity contribution in [1.82, 2.24) is 0 Å². The van der Waals surface area contributed by atoms with Crippen molar-refractivity contribution in [1.29, 1.82) is 0 Å². The molecule has 0 aliphatic rings. The summed E-state index contributed by atoms with van der Waals surface area (Å²) in [6, 6.07) is 9.80. The fraction of sp³-hybridized carbons (Fsp3) is 0. The standard InChI is InChI=1S/C9H7.Li/c1-2-6-9-7-4-3-5-8-9;/h3-5,7-8H,1H2;/q-1;+1. The van der Waals surface area contributed by atoms with Crippen LogP contribution in [0, 0.1) is 18.8 Å². The average molecular weight is 122 g/mol. The molecule has 0 aliphatic carbocycles. The van der Waals surface area contributed by atoms with Crippen LogP contribution in [0.1, 0.15) is 5.56 Å². The molecule has 0 aromatic heterocycles. The number of hydrogen-bond donors (Lipinski definition) is 0. The van der Waals surface area contributed by atoms with Gasteiger partial charge in [-0.25, -0.2) is 0 Å². The van der Waals surface area contributed by atoms with Crippen LogP contribution in [0.3, 0.4) is 0 Å². The molecule has 0 radical (unpaired) electrons. The van der Waals surface area contributed by atoms with Crippen LogP contribution in [0.15, 0.2) is 30.3 Å². The molecule has 1 aromatic rings. The molecule has 0 atom stereocenters. The van der Waals surface area contributed by atoms with Gasteiger partial charge in [0, 0.05) is 0 Å². The van der Waals surface area contributed by atoms with E-state index in [1.165, 1.54) is 0 Å². The molecule has 0 fully saturated rings. The van der Waals surface area contributed by atoms with Gasteiger partial charge in [0.25, 0.3) is 0 Å². The van der Waals surface area contributed by atoms with Gasteiger partial charge in [0.05, 0.1) is 0 Å². The van der Waals surface area contributed by atoms with Crippen LogP contribution in [0.4, 0.5) is 0 Å². The van der Waals surface area contributed by atoms with Gasteiger partial charge in [-0.3, -0.25) is 11.8 Å². The van der Waals surface area contributed by atoms with Crippen molar-refractivity contribution in [2.24, 2.45) is 0 Å². The molecule has 44 valence electrons. The molecule has 1 heteroatoms. The monoisotopic (exact) mass is 122 g/mol. The molecule has 0 amide bonds. The molecule has 0 saturated heterocycles. The van der Waals surface area contributed by atoms with E-state index in [9.17, 15) is 0 Å². The Morgan fingerprint density at radius 1 is 1.10 bits per heavy atom. The van der Waals surface area contributed by atoms with Gasteiger partial charge in [-0.1, -0.05) is 35.9 Å². The van der Waals surface area contributed by atoms with Crippen LogP contribution in [0.2, 0.25) is 0 Å². The van der Waals surface area contributed by atoms with Gasteiger partial charge < -0.3 is 0 Å². The van der Waals surface area contributed by atoms with Crippen LogP contribution in [-0.4, -0.2) is 0 Å². The Morgan fingerprint density at radius 3 is 2.20 bits per heavy atom. The van der Waals surface area contributed by atoms with Crippen LogP contribution < -0.4 is 18.9 Å². The van der Waals surface area contributed by atoms with Crippen LogP contribution in [0.5, 0.6) is 0 Å². The molecule has 0 N–H and O–H groups in total. The maximum absolute atomic E-state index is 3.42. The van der Waals surface area contributed by atoms with E-state index < -0.39 is 0 Å². The first-order valence-electron chi connectivity index (χ1n) is 2.76. The Labute approximate surface area is 73.8 Å². The zero-order valence-electron chi connectivity index (χ0n) is 6.09. The largest absolute Gasteiger partial charge is 1.00 e. The van der Waals surface area contributed by atoms with Crippen molar-refractivity contribution in [3.63, 3.8) is 0 Å². The summed E-state index contributed by atoms with van der Waals surface area (Å²) >= 11 is 0. The second-order valence-corrected chi connectivity index (χ2v) is 1.67. The minimum absolute atomic E-state index is 0. The van der Waals surface area contributed by atoms with Crippen LogP contribution >= 0.6 is 0 Å². The van der Waals surface area contributed by atoms with E-state index in [1.54, 1.807) is 0 Å². The number of hydrogen-bond acceptors (Lipinski definition) is 0. The van der Waals surface area contributed by atoms with Gasteiger partial charge in [0.2, 0.25) is 0 Å². The predicted octanol–water partition coefficient (Wildman–Crippen LogP) is -1.12. The maximum Gasteiger partial charge on any atom is 1.00 e. The zero-order valence-corrected chi connectivity index (χ0v) is 6.09. The molecule has 0 aliphatic heterocycles. The van der Waals surface area contributed by atoms with Gasteiger partial charge in [0.15, 0.2) is 0 Å². The minimum Gasteiger partial charge on any atom is -0.296 e. The van der Waals surface area contributed by atoms with Crippen molar-refractivity contribution >= 4 is 0 Å². The third kappa shape index (κ3) is 2.69. The van der Waals surface area contributed by atoms with Gasteiger partial charge in [0.1, 0.15) is 0 Å². The molecular weight excluding hydrogens is 115 g/mol. The fourth-order valence-electron chi connectivity index (χ4n) is 0.624. The minimum atomic E-state index is 0. The van der Waals surface area contributed by atoms with Crippen molar-refractivity contribution < 1.29 is 18.9 Å². The molecule has 0 spiro atoms. The molecular formula is C9H7Li. The maximum atomic E-state index is 3.42. The Bertz CT molecular complexity index is 228. The Hall–Kier alpha value is -0.753. The summed E-state index contributed by atoms with van der Waals surface area (Å²) < 4.78 is 0. The zero-order chi connectivity index (χ0) is 6.53. The van der Waals surface area contributed by atoms with E-state index in [0.29, 0.717) is 0 Å². The normalized spacial score (nSPS) is 6.80. The number of benzene rings is 1. The van der Waals surface area contributed by atoms with E-state index in [4.69, 9.17) is 0 Å². The Kier molecular flexibility index (Phi) is 4.68. The Balaban J connectivity index is 0.000000810. The topological polar surface area (TPSA) is 0 Å². The molecule has 0 nitrogen and oxygen atoms in total. The molecule has 0 bridgehead atoms. The SMILES string of the molecule is [CH2-]C#Cc1ccccc1.[Li+]. The van der Waals surface area contributed by atoms with Crippen LogP contribution in [0.25, 0.3) is 0 Å². The van der Waals surface area contributed by atoms with Crippen molar-refractivity contribution in [2.75, 3.05) is 0 Å². The fourth-order valence-corrected chi connectivity index (χ4v) is 0.624. The number of rotatable bonds is 0. The molecule has 10 heavy (non-hydrogen) atoms. The molecule has 0 saturated carbocycles. The van der Waals surface area contributed by atoms with Crippen molar-refractivity contribution in [2.45, 2.75) is 0 Å². The summed E-state index contributed by atoms with van der Waals surface area (Å²) in [6.45, 7) is 3.42.